The van der Waals surface area contributed by atoms with Gasteiger partial charge in [-0.2, -0.15) is 5.26 Å². The van der Waals surface area contributed by atoms with Crippen molar-refractivity contribution in [3.63, 3.8) is 0 Å². The quantitative estimate of drug-likeness (QED) is 0.717. The van der Waals surface area contributed by atoms with E-state index in [0.29, 0.717) is 5.69 Å². The van der Waals surface area contributed by atoms with E-state index in [2.05, 4.69) is 9.97 Å². The number of aromatic nitrogens is 2. The van der Waals surface area contributed by atoms with E-state index in [1.807, 2.05) is 20.8 Å². The fourth-order valence-electron chi connectivity index (χ4n) is 1.13. The van der Waals surface area contributed by atoms with Gasteiger partial charge in [0.15, 0.2) is 5.69 Å². The van der Waals surface area contributed by atoms with Crippen molar-refractivity contribution in [2.24, 2.45) is 0 Å². The molecule has 0 fully saturated rings. The van der Waals surface area contributed by atoms with E-state index in [9.17, 15) is 8.78 Å². The van der Waals surface area contributed by atoms with Gasteiger partial charge >= 0.3 is 0 Å². The monoisotopic (exact) mass is 211 g/mol. The van der Waals surface area contributed by atoms with Gasteiger partial charge in [0, 0.05) is 5.41 Å². The third-order valence-electron chi connectivity index (χ3n) is 1.83. The number of nitriles is 1. The summed E-state index contributed by atoms with van der Waals surface area (Å²) in [5.41, 5.74) is -0.423. The molecule has 0 aliphatic carbocycles. The van der Waals surface area contributed by atoms with Gasteiger partial charge in [0.25, 0.3) is 6.43 Å². The molecule has 0 saturated carbocycles. The first-order chi connectivity index (χ1) is 6.86. The standard InChI is InChI=1S/C10H11F2N3/c1-10(2,3)8-6(4-13)15-7(5-14-8)9(11)12/h5,9H,1-3H3. The molecule has 0 aliphatic heterocycles. The van der Waals surface area contributed by atoms with Crippen molar-refractivity contribution in [1.29, 1.82) is 5.26 Å². The predicted molar refractivity (Wildman–Crippen MR) is 50.4 cm³/mol. The lowest BCUT2D eigenvalue weighted by molar-refractivity contribution is 0.145. The van der Waals surface area contributed by atoms with Gasteiger partial charge in [0.2, 0.25) is 0 Å². The average Bonchev–Trinajstić information content (AvgIpc) is 2.15. The lowest BCUT2D eigenvalue weighted by Gasteiger charge is -2.18. The third kappa shape index (κ3) is 2.46. The van der Waals surface area contributed by atoms with Crippen LogP contribution in [0.4, 0.5) is 8.78 Å². The Morgan fingerprint density at radius 1 is 1.40 bits per heavy atom. The van der Waals surface area contributed by atoms with E-state index >= 15 is 0 Å². The molecule has 0 aromatic carbocycles. The first-order valence-electron chi connectivity index (χ1n) is 4.42. The van der Waals surface area contributed by atoms with Gasteiger partial charge < -0.3 is 0 Å². The molecular weight excluding hydrogens is 200 g/mol. The first kappa shape index (κ1) is 11.5. The molecule has 0 bridgehead atoms. The number of rotatable bonds is 1. The summed E-state index contributed by atoms with van der Waals surface area (Å²) in [7, 11) is 0. The highest BCUT2D eigenvalue weighted by atomic mass is 19.3. The fraction of sp³-hybridized carbons (Fsp3) is 0.500. The summed E-state index contributed by atoms with van der Waals surface area (Å²) in [6.07, 6.45) is -1.68. The first-order valence-corrected chi connectivity index (χ1v) is 4.42. The van der Waals surface area contributed by atoms with Gasteiger partial charge in [0.05, 0.1) is 11.9 Å². The minimum absolute atomic E-state index is 0.0275. The lowest BCUT2D eigenvalue weighted by atomic mass is 9.90. The van der Waals surface area contributed by atoms with Crippen LogP contribution in [0.3, 0.4) is 0 Å². The zero-order chi connectivity index (χ0) is 11.6. The van der Waals surface area contributed by atoms with Gasteiger partial charge in [-0.15, -0.1) is 0 Å². The largest absolute Gasteiger partial charge is 0.281 e. The number of nitrogens with zero attached hydrogens (tertiary/aromatic N) is 3. The van der Waals surface area contributed by atoms with Crippen LogP contribution >= 0.6 is 0 Å². The molecule has 15 heavy (non-hydrogen) atoms. The van der Waals surface area contributed by atoms with Crippen LogP contribution in [0.2, 0.25) is 0 Å². The van der Waals surface area contributed by atoms with Crippen molar-refractivity contribution in [3.05, 3.63) is 23.3 Å². The Labute approximate surface area is 86.8 Å². The second kappa shape index (κ2) is 3.89. The Morgan fingerprint density at radius 2 is 2.00 bits per heavy atom. The zero-order valence-corrected chi connectivity index (χ0v) is 8.75. The molecule has 1 aromatic heterocycles. The van der Waals surface area contributed by atoms with E-state index in [1.165, 1.54) is 0 Å². The number of halogens is 2. The van der Waals surface area contributed by atoms with Crippen LogP contribution in [0.1, 0.15) is 44.3 Å². The summed E-state index contributed by atoms with van der Waals surface area (Å²) in [6, 6.07) is 1.79. The minimum atomic E-state index is -2.70. The van der Waals surface area contributed by atoms with E-state index in [4.69, 9.17) is 5.26 Å². The molecule has 0 spiro atoms. The van der Waals surface area contributed by atoms with Crippen LogP contribution in [0, 0.1) is 11.3 Å². The van der Waals surface area contributed by atoms with E-state index in [-0.39, 0.29) is 11.1 Å². The summed E-state index contributed by atoms with van der Waals surface area (Å²) in [6.45, 7) is 5.54. The number of alkyl halides is 2. The molecule has 0 saturated heterocycles. The zero-order valence-electron chi connectivity index (χ0n) is 8.75. The van der Waals surface area contributed by atoms with E-state index < -0.39 is 12.1 Å². The van der Waals surface area contributed by atoms with Gasteiger partial charge in [0.1, 0.15) is 11.8 Å². The van der Waals surface area contributed by atoms with Gasteiger partial charge in [-0.05, 0) is 0 Å². The summed E-state index contributed by atoms with van der Waals surface area (Å²) in [5.74, 6) is 0. The summed E-state index contributed by atoms with van der Waals surface area (Å²) < 4.78 is 24.6. The Balaban J connectivity index is 3.29. The molecule has 5 heteroatoms. The van der Waals surface area contributed by atoms with Crippen LogP contribution in [0.15, 0.2) is 6.20 Å². The maximum Gasteiger partial charge on any atom is 0.281 e. The smallest absolute Gasteiger partial charge is 0.256 e. The highest BCUT2D eigenvalue weighted by molar-refractivity contribution is 5.31. The maximum absolute atomic E-state index is 12.3. The van der Waals surface area contributed by atoms with Crippen molar-refractivity contribution in [1.82, 2.24) is 9.97 Å². The van der Waals surface area contributed by atoms with Crippen LogP contribution in [0.25, 0.3) is 0 Å². The minimum Gasteiger partial charge on any atom is -0.256 e. The summed E-state index contributed by atoms with van der Waals surface area (Å²) >= 11 is 0. The molecule has 0 N–H and O–H groups in total. The van der Waals surface area contributed by atoms with Crippen LogP contribution < -0.4 is 0 Å². The number of hydrogen-bond donors (Lipinski definition) is 0. The normalized spacial score (nSPS) is 11.5. The molecular formula is C10H11F2N3. The van der Waals surface area contributed by atoms with E-state index in [0.717, 1.165) is 6.20 Å². The van der Waals surface area contributed by atoms with Gasteiger partial charge in [-0.1, -0.05) is 20.8 Å². The van der Waals surface area contributed by atoms with Crippen LogP contribution in [0.5, 0.6) is 0 Å². The molecule has 0 radical (unpaired) electrons. The molecule has 0 amide bonds. The highest BCUT2D eigenvalue weighted by Gasteiger charge is 2.22. The van der Waals surface area contributed by atoms with E-state index in [1.54, 1.807) is 6.07 Å². The molecule has 0 atom stereocenters. The van der Waals surface area contributed by atoms with Crippen molar-refractivity contribution < 1.29 is 8.78 Å². The van der Waals surface area contributed by atoms with Crippen LogP contribution in [-0.4, -0.2) is 9.97 Å². The Morgan fingerprint density at radius 3 is 2.40 bits per heavy atom. The van der Waals surface area contributed by atoms with Crippen molar-refractivity contribution in [3.8, 4) is 6.07 Å². The number of hydrogen-bond acceptors (Lipinski definition) is 3. The average molecular weight is 211 g/mol. The predicted octanol–water partition coefficient (Wildman–Crippen LogP) is 2.58. The maximum atomic E-state index is 12.3. The van der Waals surface area contributed by atoms with Crippen molar-refractivity contribution in [2.45, 2.75) is 32.6 Å². The summed E-state index contributed by atoms with van der Waals surface area (Å²) in [5, 5.41) is 8.79. The molecule has 0 aliphatic rings. The van der Waals surface area contributed by atoms with Crippen molar-refractivity contribution in [2.75, 3.05) is 0 Å². The Bertz CT molecular complexity index is 402. The highest BCUT2D eigenvalue weighted by Crippen LogP contribution is 2.24. The molecule has 0 unspecified atom stereocenters. The Kier molecular flexibility index (Phi) is 2.98. The summed E-state index contributed by atoms with van der Waals surface area (Å²) in [4.78, 5) is 7.46. The van der Waals surface area contributed by atoms with Gasteiger partial charge in [-0.3, -0.25) is 4.98 Å². The molecule has 1 heterocycles. The van der Waals surface area contributed by atoms with Crippen molar-refractivity contribution >= 4 is 0 Å². The molecule has 1 rings (SSSR count). The second-order valence-electron chi connectivity index (χ2n) is 4.15. The Hall–Kier alpha value is -1.57. The fourth-order valence-corrected chi connectivity index (χ4v) is 1.13. The van der Waals surface area contributed by atoms with Gasteiger partial charge in [-0.25, -0.2) is 13.8 Å². The SMILES string of the molecule is CC(C)(C)c1ncc(C(F)F)nc1C#N. The van der Waals surface area contributed by atoms with Crippen LogP contribution in [-0.2, 0) is 5.41 Å². The lowest BCUT2D eigenvalue weighted by Crippen LogP contribution is -2.17. The molecule has 80 valence electrons. The molecule has 3 nitrogen and oxygen atoms in total. The molecule has 1 aromatic rings. The third-order valence-corrected chi connectivity index (χ3v) is 1.83. The second-order valence-corrected chi connectivity index (χ2v) is 4.15. The topological polar surface area (TPSA) is 49.6 Å².